The number of benzene rings is 1. The summed E-state index contributed by atoms with van der Waals surface area (Å²) in [7, 11) is 0. The Kier molecular flexibility index (Phi) is 4.43. The maximum Gasteiger partial charge on any atom is 0.226 e. The summed E-state index contributed by atoms with van der Waals surface area (Å²) in [5, 5.41) is 0. The second kappa shape index (κ2) is 6.38. The maximum atomic E-state index is 13.3. The lowest BCUT2D eigenvalue weighted by molar-refractivity contribution is -0.139. The average molecular weight is 330 g/mol. The van der Waals surface area contributed by atoms with Crippen molar-refractivity contribution in [1.82, 2.24) is 9.88 Å². The van der Waals surface area contributed by atoms with Crippen molar-refractivity contribution in [3.8, 4) is 0 Å². The molecule has 0 bridgehead atoms. The zero-order chi connectivity index (χ0) is 17.3. The third-order valence-electron chi connectivity index (χ3n) is 4.68. The van der Waals surface area contributed by atoms with Crippen LogP contribution in [-0.2, 0) is 16.8 Å². The highest BCUT2D eigenvalue weighted by atomic mass is 19.1. The number of carbonyl (C=O) groups is 1. The number of oxazole rings is 1. The standard InChI is InChI=1S/C19H23FN2O2/c1-13(2)17(23)22-9-5-8-19(22,3)18-21-12-16(24-18)11-14-6-4-7-15(20)10-14/h4,6-7,10,12-13H,5,8-9,11H2,1-3H3. The van der Waals surface area contributed by atoms with Gasteiger partial charge in [-0.3, -0.25) is 4.79 Å². The molecule has 0 aliphatic carbocycles. The molecule has 1 aliphatic heterocycles. The van der Waals surface area contributed by atoms with E-state index in [0.29, 0.717) is 18.1 Å². The number of hydrogen-bond acceptors (Lipinski definition) is 3. The highest BCUT2D eigenvalue weighted by Crippen LogP contribution is 2.39. The fraction of sp³-hybridized carbons (Fsp3) is 0.474. The van der Waals surface area contributed by atoms with Gasteiger partial charge < -0.3 is 9.32 Å². The van der Waals surface area contributed by atoms with E-state index in [1.54, 1.807) is 12.3 Å². The minimum Gasteiger partial charge on any atom is -0.443 e. The molecule has 2 heterocycles. The highest BCUT2D eigenvalue weighted by Gasteiger charge is 2.45. The summed E-state index contributed by atoms with van der Waals surface area (Å²) in [5.41, 5.74) is 0.339. The molecule has 0 N–H and O–H groups in total. The first-order valence-electron chi connectivity index (χ1n) is 8.41. The van der Waals surface area contributed by atoms with E-state index in [2.05, 4.69) is 4.98 Å². The number of nitrogens with zero attached hydrogens (tertiary/aromatic N) is 2. The van der Waals surface area contributed by atoms with E-state index >= 15 is 0 Å². The molecule has 3 rings (SSSR count). The van der Waals surface area contributed by atoms with Gasteiger partial charge in [0.15, 0.2) is 0 Å². The minimum atomic E-state index is -0.498. The van der Waals surface area contributed by atoms with Crippen molar-refractivity contribution in [3.63, 3.8) is 0 Å². The van der Waals surface area contributed by atoms with Crippen molar-refractivity contribution < 1.29 is 13.6 Å². The molecular weight excluding hydrogens is 307 g/mol. The molecule has 1 aromatic carbocycles. The monoisotopic (exact) mass is 330 g/mol. The van der Waals surface area contributed by atoms with Crippen molar-refractivity contribution in [2.45, 2.75) is 45.6 Å². The van der Waals surface area contributed by atoms with Gasteiger partial charge in [-0.1, -0.05) is 26.0 Å². The van der Waals surface area contributed by atoms with Gasteiger partial charge in [0.1, 0.15) is 17.1 Å². The lowest BCUT2D eigenvalue weighted by atomic mass is 9.97. The van der Waals surface area contributed by atoms with E-state index in [1.807, 2.05) is 31.7 Å². The second-order valence-corrected chi connectivity index (χ2v) is 6.96. The molecule has 1 aliphatic rings. The highest BCUT2D eigenvalue weighted by molar-refractivity contribution is 5.79. The predicted molar refractivity (Wildman–Crippen MR) is 88.8 cm³/mol. The van der Waals surface area contributed by atoms with Crippen LogP contribution < -0.4 is 0 Å². The molecule has 1 saturated heterocycles. The van der Waals surface area contributed by atoms with E-state index in [-0.39, 0.29) is 17.6 Å². The van der Waals surface area contributed by atoms with Crippen LogP contribution in [0.15, 0.2) is 34.9 Å². The number of aromatic nitrogens is 1. The van der Waals surface area contributed by atoms with Crippen LogP contribution in [-0.4, -0.2) is 22.3 Å². The summed E-state index contributed by atoms with van der Waals surface area (Å²) in [6.07, 6.45) is 3.95. The quantitative estimate of drug-likeness (QED) is 0.854. The van der Waals surface area contributed by atoms with Crippen molar-refractivity contribution in [1.29, 1.82) is 0 Å². The van der Waals surface area contributed by atoms with E-state index in [0.717, 1.165) is 24.9 Å². The molecule has 4 nitrogen and oxygen atoms in total. The molecule has 128 valence electrons. The van der Waals surface area contributed by atoms with E-state index < -0.39 is 5.54 Å². The first kappa shape index (κ1) is 16.7. The van der Waals surface area contributed by atoms with Gasteiger partial charge in [0.25, 0.3) is 0 Å². The molecule has 1 atom stereocenters. The average Bonchev–Trinajstić information content (AvgIpc) is 3.14. The molecule has 0 radical (unpaired) electrons. The van der Waals surface area contributed by atoms with Gasteiger partial charge in [-0.2, -0.15) is 0 Å². The molecule has 1 fully saturated rings. The first-order chi connectivity index (χ1) is 11.4. The van der Waals surface area contributed by atoms with Crippen LogP contribution in [0.5, 0.6) is 0 Å². The fourth-order valence-electron chi connectivity index (χ4n) is 3.34. The number of likely N-dealkylation sites (tertiary alicyclic amines) is 1. The van der Waals surface area contributed by atoms with Gasteiger partial charge in [-0.15, -0.1) is 0 Å². The molecule has 0 spiro atoms. The zero-order valence-electron chi connectivity index (χ0n) is 14.4. The molecule has 0 saturated carbocycles. The van der Waals surface area contributed by atoms with Gasteiger partial charge in [0.2, 0.25) is 11.8 Å². The Morgan fingerprint density at radius 3 is 2.96 bits per heavy atom. The summed E-state index contributed by atoms with van der Waals surface area (Å²) in [5.74, 6) is 1.06. The summed E-state index contributed by atoms with van der Waals surface area (Å²) >= 11 is 0. The normalized spacial score (nSPS) is 20.8. The Hall–Kier alpha value is -2.17. The molecular formula is C19H23FN2O2. The number of halogens is 1. The van der Waals surface area contributed by atoms with E-state index in [9.17, 15) is 9.18 Å². The fourth-order valence-corrected chi connectivity index (χ4v) is 3.34. The van der Waals surface area contributed by atoms with Gasteiger partial charge in [0, 0.05) is 18.9 Å². The topological polar surface area (TPSA) is 46.3 Å². The van der Waals surface area contributed by atoms with Crippen LogP contribution >= 0.6 is 0 Å². The number of carbonyl (C=O) groups excluding carboxylic acids is 1. The Morgan fingerprint density at radius 2 is 2.25 bits per heavy atom. The summed E-state index contributed by atoms with van der Waals surface area (Å²) in [6.45, 7) is 6.56. The van der Waals surface area contributed by atoms with Crippen LogP contribution in [0.4, 0.5) is 4.39 Å². The lowest BCUT2D eigenvalue weighted by Crippen LogP contribution is -2.44. The third kappa shape index (κ3) is 3.07. The van der Waals surface area contributed by atoms with Crippen LogP contribution in [0.3, 0.4) is 0 Å². The van der Waals surface area contributed by atoms with E-state index in [4.69, 9.17) is 4.42 Å². The molecule has 5 heteroatoms. The minimum absolute atomic E-state index is 0.0517. The van der Waals surface area contributed by atoms with Crippen molar-refractivity contribution in [3.05, 3.63) is 53.5 Å². The second-order valence-electron chi connectivity index (χ2n) is 6.96. The SMILES string of the molecule is CC(C)C(=O)N1CCCC1(C)c1ncc(Cc2cccc(F)c2)o1. The molecule has 1 aromatic heterocycles. The number of amides is 1. The van der Waals surface area contributed by atoms with Crippen LogP contribution in [0.1, 0.15) is 50.8 Å². The Bertz CT molecular complexity index is 740. The molecule has 2 aromatic rings. The van der Waals surface area contributed by atoms with Crippen molar-refractivity contribution in [2.75, 3.05) is 6.54 Å². The Labute approximate surface area is 141 Å². The maximum absolute atomic E-state index is 13.3. The van der Waals surface area contributed by atoms with Gasteiger partial charge in [-0.05, 0) is 37.5 Å². The van der Waals surface area contributed by atoms with Crippen LogP contribution in [0.25, 0.3) is 0 Å². The van der Waals surface area contributed by atoms with Gasteiger partial charge >= 0.3 is 0 Å². The summed E-state index contributed by atoms with van der Waals surface area (Å²) < 4.78 is 19.3. The van der Waals surface area contributed by atoms with Gasteiger partial charge in [0.05, 0.1) is 6.20 Å². The van der Waals surface area contributed by atoms with Crippen molar-refractivity contribution >= 4 is 5.91 Å². The number of hydrogen-bond donors (Lipinski definition) is 0. The molecule has 1 unspecified atom stereocenters. The van der Waals surface area contributed by atoms with Crippen LogP contribution in [0.2, 0.25) is 0 Å². The first-order valence-corrected chi connectivity index (χ1v) is 8.41. The number of rotatable bonds is 4. The Morgan fingerprint density at radius 1 is 1.46 bits per heavy atom. The summed E-state index contributed by atoms with van der Waals surface area (Å²) in [6, 6.07) is 6.46. The lowest BCUT2D eigenvalue weighted by Gasteiger charge is -2.33. The molecule has 24 heavy (non-hydrogen) atoms. The van der Waals surface area contributed by atoms with Crippen molar-refractivity contribution in [2.24, 2.45) is 5.92 Å². The molecule has 1 amide bonds. The van der Waals surface area contributed by atoms with E-state index in [1.165, 1.54) is 12.1 Å². The zero-order valence-corrected chi connectivity index (χ0v) is 14.4. The van der Waals surface area contributed by atoms with Crippen LogP contribution in [0, 0.1) is 11.7 Å². The Balaban J connectivity index is 1.82. The van der Waals surface area contributed by atoms with Gasteiger partial charge in [-0.25, -0.2) is 9.37 Å². The smallest absolute Gasteiger partial charge is 0.226 e. The third-order valence-corrected chi connectivity index (χ3v) is 4.68. The summed E-state index contributed by atoms with van der Waals surface area (Å²) in [4.78, 5) is 18.8. The predicted octanol–water partition coefficient (Wildman–Crippen LogP) is 3.90. The largest absolute Gasteiger partial charge is 0.443 e.